The fourth-order valence-corrected chi connectivity index (χ4v) is 4.77. The number of rotatable bonds is 2. The topological polar surface area (TPSA) is 67.8 Å². The number of fused-ring (bicyclic) bond motifs is 1. The normalized spacial score (nSPS) is 31.7. The number of ketones is 1. The van der Waals surface area contributed by atoms with Crippen molar-refractivity contribution in [3.8, 4) is 11.5 Å². The quantitative estimate of drug-likeness (QED) is 0.869. The summed E-state index contributed by atoms with van der Waals surface area (Å²) in [6.07, 6.45) is 4.00. The van der Waals surface area contributed by atoms with E-state index in [1.54, 1.807) is 14.2 Å². The van der Waals surface area contributed by atoms with Gasteiger partial charge in [0.05, 0.1) is 14.2 Å². The maximum absolute atomic E-state index is 12.5. The van der Waals surface area contributed by atoms with Crippen LogP contribution in [-0.4, -0.2) is 37.7 Å². The van der Waals surface area contributed by atoms with E-state index in [9.17, 15) is 9.90 Å². The zero-order chi connectivity index (χ0) is 16.2. The van der Waals surface area contributed by atoms with Crippen molar-refractivity contribution in [1.29, 1.82) is 0 Å². The fraction of sp³-hybridized carbons (Fsp3) is 0.500. The van der Waals surface area contributed by atoms with Crippen molar-refractivity contribution in [2.24, 2.45) is 5.92 Å². The molecule has 2 bridgehead atoms. The van der Waals surface area contributed by atoms with Crippen LogP contribution in [0.3, 0.4) is 0 Å². The van der Waals surface area contributed by atoms with Crippen molar-refractivity contribution in [3.63, 3.8) is 0 Å². The summed E-state index contributed by atoms with van der Waals surface area (Å²) in [4.78, 5) is 12.5. The Morgan fingerprint density at radius 3 is 2.87 bits per heavy atom. The molecule has 2 N–H and O–H groups in total. The molecule has 0 radical (unpaired) electrons. The Morgan fingerprint density at radius 2 is 2.13 bits per heavy atom. The average Bonchev–Trinajstić information content (AvgIpc) is 2.53. The third-order valence-electron chi connectivity index (χ3n) is 5.74. The second-order valence-corrected chi connectivity index (χ2v) is 6.68. The number of carbonyl (C=O) groups is 1. The van der Waals surface area contributed by atoms with Gasteiger partial charge in [0.25, 0.3) is 0 Å². The van der Waals surface area contributed by atoms with Gasteiger partial charge in [-0.15, -0.1) is 0 Å². The number of Topliss-reactive ketones (excluding diaryl/α,β-unsaturated/α-hetero) is 1. The minimum absolute atomic E-state index is 0.0134. The number of nitrogens with one attached hydrogen (secondary N) is 1. The predicted molar refractivity (Wildman–Crippen MR) is 84.7 cm³/mol. The minimum atomic E-state index is -0.360. The van der Waals surface area contributed by atoms with E-state index >= 15 is 0 Å². The van der Waals surface area contributed by atoms with Crippen LogP contribution in [-0.2, 0) is 21.4 Å². The molecule has 1 aromatic rings. The number of aromatic hydroxyl groups is 1. The van der Waals surface area contributed by atoms with Crippen LogP contribution in [0.25, 0.3) is 0 Å². The van der Waals surface area contributed by atoms with Crippen LogP contribution in [0.1, 0.15) is 24.0 Å². The van der Waals surface area contributed by atoms with Crippen LogP contribution < -0.4 is 10.1 Å². The van der Waals surface area contributed by atoms with Crippen LogP contribution in [0.4, 0.5) is 0 Å². The molecule has 0 unspecified atom stereocenters. The minimum Gasteiger partial charge on any atom is -0.504 e. The molecule has 1 heterocycles. The maximum Gasteiger partial charge on any atom is 0.197 e. The molecule has 0 saturated carbocycles. The highest BCUT2D eigenvalue weighted by atomic mass is 16.5. The number of phenols is 1. The van der Waals surface area contributed by atoms with Crippen LogP contribution in [0.5, 0.6) is 11.5 Å². The van der Waals surface area contributed by atoms with Crippen LogP contribution in [0.15, 0.2) is 24.0 Å². The molecule has 0 amide bonds. The molecule has 23 heavy (non-hydrogen) atoms. The molecular formula is C18H21NO4. The number of benzene rings is 1. The van der Waals surface area contributed by atoms with Crippen LogP contribution in [0.2, 0.25) is 0 Å². The smallest absolute Gasteiger partial charge is 0.197 e. The number of ether oxygens (including phenoxy) is 2. The molecule has 1 aromatic carbocycles. The van der Waals surface area contributed by atoms with Gasteiger partial charge in [-0.3, -0.25) is 4.79 Å². The number of piperidine rings is 1. The Hall–Kier alpha value is -2.01. The molecule has 4 rings (SSSR count). The van der Waals surface area contributed by atoms with Crippen molar-refractivity contribution in [1.82, 2.24) is 5.32 Å². The zero-order valence-corrected chi connectivity index (χ0v) is 13.4. The number of methoxy groups -OCH3 is 2. The first-order chi connectivity index (χ1) is 11.1. The largest absolute Gasteiger partial charge is 0.504 e. The molecule has 5 nitrogen and oxygen atoms in total. The Labute approximate surface area is 135 Å². The molecule has 1 saturated heterocycles. The first-order valence-electron chi connectivity index (χ1n) is 8.02. The van der Waals surface area contributed by atoms with Gasteiger partial charge in [0.1, 0.15) is 0 Å². The fourth-order valence-electron chi connectivity index (χ4n) is 4.77. The molecule has 0 aromatic heterocycles. The molecule has 3 atom stereocenters. The molecule has 122 valence electrons. The highest BCUT2D eigenvalue weighted by molar-refractivity contribution is 5.96. The van der Waals surface area contributed by atoms with Crippen LogP contribution >= 0.6 is 0 Å². The number of carbonyl (C=O) groups excluding carboxylic acids is 1. The second-order valence-electron chi connectivity index (χ2n) is 6.68. The summed E-state index contributed by atoms with van der Waals surface area (Å²) in [6.45, 7) is 0.848. The number of hydrogen-bond donors (Lipinski definition) is 2. The summed E-state index contributed by atoms with van der Waals surface area (Å²) >= 11 is 0. The SMILES string of the molecule is COC1=C[C@H]2[C@@H]3Cc4ccc(OC)c(O)c4[C@]2(CCN3)CC1=O. The van der Waals surface area contributed by atoms with Gasteiger partial charge >= 0.3 is 0 Å². The van der Waals surface area contributed by atoms with E-state index in [1.165, 1.54) is 0 Å². The summed E-state index contributed by atoms with van der Waals surface area (Å²) in [7, 11) is 3.10. The van der Waals surface area contributed by atoms with Crippen molar-refractivity contribution in [2.45, 2.75) is 30.7 Å². The van der Waals surface area contributed by atoms with E-state index in [2.05, 4.69) is 5.32 Å². The van der Waals surface area contributed by atoms with E-state index < -0.39 is 0 Å². The highest BCUT2D eigenvalue weighted by Crippen LogP contribution is 2.56. The second kappa shape index (κ2) is 4.99. The molecule has 5 heteroatoms. The average molecular weight is 315 g/mol. The molecular weight excluding hydrogens is 294 g/mol. The van der Waals surface area contributed by atoms with Gasteiger partial charge in [0.2, 0.25) is 0 Å². The van der Waals surface area contributed by atoms with Gasteiger partial charge in [-0.2, -0.15) is 0 Å². The Morgan fingerprint density at radius 1 is 1.30 bits per heavy atom. The van der Waals surface area contributed by atoms with Gasteiger partial charge in [-0.1, -0.05) is 6.07 Å². The molecule has 1 fully saturated rings. The lowest BCUT2D eigenvalue weighted by Gasteiger charge is -2.53. The van der Waals surface area contributed by atoms with Gasteiger partial charge in [-0.25, -0.2) is 0 Å². The number of phenolic OH excluding ortho intramolecular Hbond substituents is 1. The highest BCUT2D eigenvalue weighted by Gasteiger charge is 2.55. The van der Waals surface area contributed by atoms with E-state index in [1.807, 2.05) is 18.2 Å². The summed E-state index contributed by atoms with van der Waals surface area (Å²) in [5.41, 5.74) is 1.65. The summed E-state index contributed by atoms with van der Waals surface area (Å²) < 4.78 is 10.6. The Bertz CT molecular complexity index is 711. The predicted octanol–water partition coefficient (Wildman–Crippen LogP) is 1.68. The van der Waals surface area contributed by atoms with E-state index in [0.29, 0.717) is 17.9 Å². The third-order valence-corrected chi connectivity index (χ3v) is 5.74. The molecule has 0 spiro atoms. The van der Waals surface area contributed by atoms with Crippen LogP contribution in [0, 0.1) is 5.92 Å². The molecule has 2 aliphatic carbocycles. The van der Waals surface area contributed by atoms with Crippen molar-refractivity contribution < 1.29 is 19.4 Å². The van der Waals surface area contributed by atoms with Crippen molar-refractivity contribution in [3.05, 3.63) is 35.1 Å². The lowest BCUT2D eigenvalue weighted by Crippen LogP contribution is -2.60. The van der Waals surface area contributed by atoms with Gasteiger partial charge in [-0.05, 0) is 37.1 Å². The zero-order valence-electron chi connectivity index (χ0n) is 13.4. The third kappa shape index (κ3) is 1.86. The van der Waals surface area contributed by atoms with Gasteiger partial charge in [0, 0.05) is 29.4 Å². The van der Waals surface area contributed by atoms with Gasteiger partial charge < -0.3 is 19.9 Å². The lowest BCUT2D eigenvalue weighted by molar-refractivity contribution is -0.122. The number of hydrogen-bond acceptors (Lipinski definition) is 5. The standard InChI is InChI=1S/C18H21NO4/c1-22-14-4-3-10-7-12-11-8-15(23-2)13(20)9-18(11,5-6-19-12)16(10)17(14)21/h3-4,8,11-12,19,21H,5-7,9H2,1-2H3/t11-,12-,18+/m0/s1. The van der Waals surface area contributed by atoms with E-state index in [4.69, 9.17) is 9.47 Å². The lowest BCUT2D eigenvalue weighted by atomic mass is 9.54. The summed E-state index contributed by atoms with van der Waals surface area (Å²) in [5.74, 6) is 1.28. The molecule has 3 aliphatic rings. The van der Waals surface area contributed by atoms with Gasteiger partial charge in [0.15, 0.2) is 23.0 Å². The maximum atomic E-state index is 12.5. The monoisotopic (exact) mass is 315 g/mol. The summed E-state index contributed by atoms with van der Waals surface area (Å²) in [5, 5.41) is 14.3. The Balaban J connectivity index is 1.96. The first kappa shape index (κ1) is 14.6. The number of allylic oxidation sites excluding steroid dienone is 1. The van der Waals surface area contributed by atoms with E-state index in [-0.39, 0.29) is 28.9 Å². The van der Waals surface area contributed by atoms with Crippen molar-refractivity contribution >= 4 is 5.78 Å². The van der Waals surface area contributed by atoms with Crippen molar-refractivity contribution in [2.75, 3.05) is 20.8 Å². The first-order valence-corrected chi connectivity index (χ1v) is 8.02. The molecule has 1 aliphatic heterocycles. The Kier molecular flexibility index (Phi) is 3.17. The summed E-state index contributed by atoms with van der Waals surface area (Å²) in [6, 6.07) is 4.09. The van der Waals surface area contributed by atoms with E-state index in [0.717, 1.165) is 30.5 Å².